The van der Waals surface area contributed by atoms with Crippen LogP contribution in [0.4, 0.5) is 11.8 Å². The van der Waals surface area contributed by atoms with E-state index >= 15 is 0 Å². The Bertz CT molecular complexity index is 905. The molecule has 2 aromatic heterocycles. The Hall–Kier alpha value is -2.77. The molecule has 1 saturated carbocycles. The molecule has 5 rings (SSSR count). The first-order valence-electron chi connectivity index (χ1n) is 10.2. The summed E-state index contributed by atoms with van der Waals surface area (Å²) in [6.07, 6.45) is 7.00. The zero-order valence-corrected chi connectivity index (χ0v) is 16.2. The smallest absolute Gasteiger partial charge is 0.273 e. The van der Waals surface area contributed by atoms with Crippen LogP contribution < -0.4 is 10.2 Å². The van der Waals surface area contributed by atoms with Gasteiger partial charge < -0.3 is 15.1 Å². The number of nitrogens with one attached hydrogen (secondary N) is 1. The molecule has 8 nitrogen and oxygen atoms in total. The Morgan fingerprint density at radius 1 is 1.14 bits per heavy atom. The van der Waals surface area contributed by atoms with Gasteiger partial charge in [0, 0.05) is 62.9 Å². The van der Waals surface area contributed by atoms with E-state index in [1.807, 2.05) is 4.90 Å². The van der Waals surface area contributed by atoms with Crippen LogP contribution in [-0.2, 0) is 13.0 Å². The maximum absolute atomic E-state index is 13.1. The maximum Gasteiger partial charge on any atom is 0.273 e. The average Bonchev–Trinajstić information content (AvgIpc) is 3.46. The second-order valence-corrected chi connectivity index (χ2v) is 7.82. The van der Waals surface area contributed by atoms with Crippen molar-refractivity contribution in [2.75, 3.05) is 36.9 Å². The van der Waals surface area contributed by atoms with Gasteiger partial charge in [-0.05, 0) is 25.7 Å². The highest BCUT2D eigenvalue weighted by atomic mass is 16.2. The standard InChI is InChI=1S/C20H25N7O/c1-21-20-24-15-6-9-27(17-10-16(13-4-5-13)22-12-23-17)11-14(15)18(25-20)19(28)26-7-2-3-8-26/h10,12-13H,2-9,11H2,1H3,(H,21,24,25). The van der Waals surface area contributed by atoms with Gasteiger partial charge in [-0.2, -0.15) is 0 Å². The van der Waals surface area contributed by atoms with E-state index in [2.05, 4.69) is 36.2 Å². The number of nitrogens with zero attached hydrogens (tertiary/aromatic N) is 6. The van der Waals surface area contributed by atoms with Gasteiger partial charge in [0.1, 0.15) is 17.8 Å². The number of fused-ring (bicyclic) bond motifs is 1. The Labute approximate surface area is 164 Å². The van der Waals surface area contributed by atoms with Gasteiger partial charge in [-0.1, -0.05) is 0 Å². The first kappa shape index (κ1) is 17.3. The molecule has 4 heterocycles. The van der Waals surface area contributed by atoms with E-state index < -0.39 is 0 Å². The van der Waals surface area contributed by atoms with Crippen molar-refractivity contribution in [1.82, 2.24) is 24.8 Å². The number of amides is 1. The topological polar surface area (TPSA) is 87.1 Å². The fraction of sp³-hybridized carbons (Fsp3) is 0.550. The van der Waals surface area contributed by atoms with Crippen LogP contribution in [0.15, 0.2) is 12.4 Å². The number of aromatic nitrogens is 4. The van der Waals surface area contributed by atoms with Crippen molar-refractivity contribution in [3.63, 3.8) is 0 Å². The van der Waals surface area contributed by atoms with E-state index in [4.69, 9.17) is 0 Å². The molecule has 1 saturated heterocycles. The molecule has 28 heavy (non-hydrogen) atoms. The van der Waals surface area contributed by atoms with Gasteiger partial charge in [0.15, 0.2) is 0 Å². The van der Waals surface area contributed by atoms with Crippen LogP contribution in [0, 0.1) is 0 Å². The van der Waals surface area contributed by atoms with Gasteiger partial charge in [-0.25, -0.2) is 19.9 Å². The predicted octanol–water partition coefficient (Wildman–Crippen LogP) is 1.98. The zero-order valence-electron chi connectivity index (χ0n) is 16.2. The maximum atomic E-state index is 13.1. The lowest BCUT2D eigenvalue weighted by Crippen LogP contribution is -2.36. The monoisotopic (exact) mass is 379 g/mol. The Kier molecular flexibility index (Phi) is 4.33. The van der Waals surface area contributed by atoms with Crippen LogP contribution in [0.2, 0.25) is 0 Å². The lowest BCUT2D eigenvalue weighted by atomic mass is 10.0. The summed E-state index contributed by atoms with van der Waals surface area (Å²) in [6, 6.07) is 2.10. The molecule has 0 atom stereocenters. The number of hydrogen-bond donors (Lipinski definition) is 1. The summed E-state index contributed by atoms with van der Waals surface area (Å²) in [5, 5.41) is 3.01. The number of carbonyl (C=O) groups is 1. The molecule has 0 spiro atoms. The van der Waals surface area contributed by atoms with E-state index in [-0.39, 0.29) is 5.91 Å². The van der Waals surface area contributed by atoms with Gasteiger partial charge in [-0.15, -0.1) is 0 Å². The second-order valence-electron chi connectivity index (χ2n) is 7.82. The first-order chi connectivity index (χ1) is 13.7. The highest BCUT2D eigenvalue weighted by Gasteiger charge is 2.31. The van der Waals surface area contributed by atoms with Crippen LogP contribution in [0.5, 0.6) is 0 Å². The number of anilines is 2. The Morgan fingerprint density at radius 3 is 2.71 bits per heavy atom. The van der Waals surface area contributed by atoms with Crippen LogP contribution in [0.25, 0.3) is 0 Å². The lowest BCUT2D eigenvalue weighted by molar-refractivity contribution is 0.0785. The summed E-state index contributed by atoms with van der Waals surface area (Å²) >= 11 is 0. The van der Waals surface area contributed by atoms with Crippen LogP contribution in [0.1, 0.15) is 59.0 Å². The van der Waals surface area contributed by atoms with E-state index in [9.17, 15) is 4.79 Å². The third-order valence-electron chi connectivity index (χ3n) is 5.87. The van der Waals surface area contributed by atoms with E-state index in [0.717, 1.165) is 61.7 Å². The molecule has 3 aliphatic rings. The van der Waals surface area contributed by atoms with E-state index in [0.29, 0.717) is 24.1 Å². The Morgan fingerprint density at radius 2 is 1.96 bits per heavy atom. The highest BCUT2D eigenvalue weighted by molar-refractivity contribution is 5.94. The summed E-state index contributed by atoms with van der Waals surface area (Å²) < 4.78 is 0. The van der Waals surface area contributed by atoms with Crippen molar-refractivity contribution in [3.05, 3.63) is 35.0 Å². The third-order valence-corrected chi connectivity index (χ3v) is 5.87. The zero-order chi connectivity index (χ0) is 19.1. The molecule has 0 unspecified atom stereocenters. The molecule has 1 N–H and O–H groups in total. The normalized spacial score (nSPS) is 18.9. The minimum absolute atomic E-state index is 0.0239. The van der Waals surface area contributed by atoms with Crippen molar-refractivity contribution in [2.45, 2.75) is 44.6 Å². The van der Waals surface area contributed by atoms with Crippen molar-refractivity contribution >= 4 is 17.7 Å². The van der Waals surface area contributed by atoms with Gasteiger partial charge in [0.25, 0.3) is 5.91 Å². The highest BCUT2D eigenvalue weighted by Crippen LogP contribution is 2.39. The second kappa shape index (κ2) is 7.00. The Balaban J connectivity index is 1.48. The van der Waals surface area contributed by atoms with Crippen molar-refractivity contribution < 1.29 is 4.79 Å². The summed E-state index contributed by atoms with van der Waals surface area (Å²) in [5.74, 6) is 2.07. The molecule has 2 aromatic rings. The summed E-state index contributed by atoms with van der Waals surface area (Å²) in [5.41, 5.74) is 3.58. The number of rotatable bonds is 4. The number of hydrogen-bond acceptors (Lipinski definition) is 7. The molecule has 1 aliphatic carbocycles. The summed E-state index contributed by atoms with van der Waals surface area (Å²) in [4.78, 5) is 35.4. The molecule has 2 fully saturated rings. The van der Waals surface area contributed by atoms with Gasteiger partial charge in [0.2, 0.25) is 5.95 Å². The van der Waals surface area contributed by atoms with Crippen LogP contribution in [-0.4, -0.2) is 57.4 Å². The quantitative estimate of drug-likeness (QED) is 0.869. The molecule has 0 aromatic carbocycles. The average molecular weight is 379 g/mol. The fourth-order valence-corrected chi connectivity index (χ4v) is 4.11. The lowest BCUT2D eigenvalue weighted by Gasteiger charge is -2.31. The molecular formula is C20H25N7O. The molecule has 0 bridgehead atoms. The van der Waals surface area contributed by atoms with Crippen molar-refractivity contribution in [1.29, 1.82) is 0 Å². The molecule has 1 amide bonds. The fourth-order valence-electron chi connectivity index (χ4n) is 4.11. The first-order valence-corrected chi connectivity index (χ1v) is 10.2. The molecule has 8 heteroatoms. The summed E-state index contributed by atoms with van der Waals surface area (Å²) in [7, 11) is 1.79. The molecule has 146 valence electrons. The molecular weight excluding hydrogens is 354 g/mol. The van der Waals surface area contributed by atoms with Crippen LogP contribution >= 0.6 is 0 Å². The van der Waals surface area contributed by atoms with Crippen molar-refractivity contribution in [2.24, 2.45) is 0 Å². The number of carbonyl (C=O) groups excluding carboxylic acids is 1. The summed E-state index contributed by atoms with van der Waals surface area (Å²) in [6.45, 7) is 3.06. The largest absolute Gasteiger partial charge is 0.357 e. The van der Waals surface area contributed by atoms with Crippen LogP contribution in [0.3, 0.4) is 0 Å². The molecule has 2 aliphatic heterocycles. The SMILES string of the molecule is CNc1nc2c(c(C(=O)N3CCCC3)n1)CN(c1cc(C3CC3)ncn1)CC2. The van der Waals surface area contributed by atoms with E-state index in [1.54, 1.807) is 13.4 Å². The van der Waals surface area contributed by atoms with E-state index in [1.165, 1.54) is 12.8 Å². The van der Waals surface area contributed by atoms with Crippen molar-refractivity contribution in [3.8, 4) is 0 Å². The third kappa shape index (κ3) is 3.16. The van der Waals surface area contributed by atoms with Gasteiger partial charge in [0.05, 0.1) is 5.69 Å². The predicted molar refractivity (Wildman–Crippen MR) is 105 cm³/mol. The minimum atomic E-state index is 0.0239. The number of likely N-dealkylation sites (tertiary alicyclic amines) is 1. The minimum Gasteiger partial charge on any atom is -0.357 e. The van der Waals surface area contributed by atoms with Gasteiger partial charge in [-0.3, -0.25) is 4.79 Å². The molecule has 0 radical (unpaired) electrons. The van der Waals surface area contributed by atoms with Gasteiger partial charge >= 0.3 is 0 Å².